The van der Waals surface area contributed by atoms with Crippen LogP contribution in [0.4, 0.5) is 20.2 Å². The first-order valence-electron chi connectivity index (χ1n) is 10.4. The number of carbonyl (C=O) groups is 1. The van der Waals surface area contributed by atoms with Crippen molar-refractivity contribution in [3.63, 3.8) is 0 Å². The van der Waals surface area contributed by atoms with Gasteiger partial charge in [0.1, 0.15) is 11.5 Å². The number of amides is 1. The van der Waals surface area contributed by atoms with Gasteiger partial charge >= 0.3 is 6.11 Å². The van der Waals surface area contributed by atoms with E-state index in [4.69, 9.17) is 15.2 Å². The van der Waals surface area contributed by atoms with Gasteiger partial charge in [-0.25, -0.2) is 0 Å². The van der Waals surface area contributed by atoms with Gasteiger partial charge in [0.2, 0.25) is 5.91 Å². The predicted molar refractivity (Wildman–Crippen MR) is 121 cm³/mol. The zero-order valence-corrected chi connectivity index (χ0v) is 18.3. The quantitative estimate of drug-likeness (QED) is 0.472. The van der Waals surface area contributed by atoms with Crippen LogP contribution in [0.1, 0.15) is 24.8 Å². The summed E-state index contributed by atoms with van der Waals surface area (Å²) in [7, 11) is 1.53. The number of halogens is 2. The molecule has 1 saturated heterocycles. The third-order valence-electron chi connectivity index (χ3n) is 5.31. The Kier molecular flexibility index (Phi) is 6.09. The average molecular weight is 454 g/mol. The van der Waals surface area contributed by atoms with Crippen molar-refractivity contribution in [2.75, 3.05) is 24.3 Å². The Morgan fingerprint density at radius 2 is 1.73 bits per heavy atom. The molecular formula is C25H24F2N2O4. The van der Waals surface area contributed by atoms with E-state index in [2.05, 4.69) is 4.74 Å². The van der Waals surface area contributed by atoms with Crippen LogP contribution in [0.3, 0.4) is 0 Å². The fourth-order valence-corrected chi connectivity index (χ4v) is 3.81. The Labute approximate surface area is 190 Å². The number of nitrogen functional groups attached to an aromatic ring is 1. The molecule has 0 aliphatic carbocycles. The first-order valence-corrected chi connectivity index (χ1v) is 10.4. The Morgan fingerprint density at radius 1 is 1.00 bits per heavy atom. The first kappa shape index (κ1) is 22.4. The molecule has 8 heteroatoms. The van der Waals surface area contributed by atoms with Crippen molar-refractivity contribution in [1.29, 1.82) is 0 Å². The van der Waals surface area contributed by atoms with Gasteiger partial charge in [-0.3, -0.25) is 4.79 Å². The van der Waals surface area contributed by atoms with Gasteiger partial charge < -0.3 is 24.8 Å². The average Bonchev–Trinajstić information content (AvgIpc) is 3.16. The van der Waals surface area contributed by atoms with Gasteiger partial charge in [0, 0.05) is 37.2 Å². The van der Waals surface area contributed by atoms with E-state index in [0.717, 1.165) is 11.3 Å². The van der Waals surface area contributed by atoms with E-state index in [1.54, 1.807) is 23.1 Å². The molecule has 33 heavy (non-hydrogen) atoms. The Bertz CT molecular complexity index is 1150. The van der Waals surface area contributed by atoms with Crippen molar-refractivity contribution >= 4 is 17.3 Å². The molecule has 0 aromatic heterocycles. The number of rotatable bonds is 7. The second kappa shape index (κ2) is 8.97. The third-order valence-corrected chi connectivity index (χ3v) is 5.31. The minimum atomic E-state index is -3.27. The number of nitrogens with zero attached hydrogens (tertiary/aromatic N) is 1. The van der Waals surface area contributed by atoms with Crippen LogP contribution in [0.15, 0.2) is 66.7 Å². The highest BCUT2D eigenvalue weighted by molar-refractivity contribution is 5.96. The molecule has 1 atom stereocenters. The zero-order valence-electron chi connectivity index (χ0n) is 18.3. The second-order valence-corrected chi connectivity index (χ2v) is 7.89. The molecule has 1 fully saturated rings. The number of anilines is 2. The van der Waals surface area contributed by atoms with Gasteiger partial charge in [-0.05, 0) is 60.2 Å². The minimum absolute atomic E-state index is 0.0206. The highest BCUT2D eigenvalue weighted by Crippen LogP contribution is 2.38. The molecule has 3 aromatic carbocycles. The molecule has 1 heterocycles. The van der Waals surface area contributed by atoms with Crippen LogP contribution in [-0.2, 0) is 4.79 Å². The number of hydrogen-bond donors (Lipinski definition) is 1. The lowest BCUT2D eigenvalue weighted by Crippen LogP contribution is -2.24. The molecule has 3 aromatic rings. The van der Waals surface area contributed by atoms with Crippen molar-refractivity contribution in [2.45, 2.75) is 25.4 Å². The van der Waals surface area contributed by atoms with Crippen LogP contribution in [-0.4, -0.2) is 25.7 Å². The van der Waals surface area contributed by atoms with E-state index < -0.39 is 6.11 Å². The number of ether oxygens (including phenoxy) is 3. The number of carbonyl (C=O) groups excluding carboxylic acids is 1. The molecule has 1 amide bonds. The molecule has 1 aliphatic rings. The summed E-state index contributed by atoms with van der Waals surface area (Å²) in [4.78, 5) is 14.4. The van der Waals surface area contributed by atoms with Crippen LogP contribution < -0.4 is 24.8 Å². The third kappa shape index (κ3) is 5.34. The second-order valence-electron chi connectivity index (χ2n) is 7.89. The van der Waals surface area contributed by atoms with Crippen molar-refractivity contribution in [3.8, 4) is 23.0 Å². The molecule has 6 nitrogen and oxygen atoms in total. The van der Waals surface area contributed by atoms with Gasteiger partial charge in [0.15, 0.2) is 11.5 Å². The molecule has 4 rings (SSSR count). The molecule has 2 N–H and O–H groups in total. The first-order chi connectivity index (χ1) is 15.7. The number of hydrogen-bond acceptors (Lipinski definition) is 5. The SMILES string of the molecule is COc1ccc([C@H]2CC(=O)N(c3cccc(N)c3)C2)cc1Oc1ccc(OC(C)(F)F)cc1. The van der Waals surface area contributed by atoms with E-state index in [0.29, 0.717) is 42.8 Å². The van der Waals surface area contributed by atoms with Crippen LogP contribution in [0, 0.1) is 0 Å². The lowest BCUT2D eigenvalue weighted by Gasteiger charge is -2.18. The molecule has 0 unspecified atom stereocenters. The van der Waals surface area contributed by atoms with Gasteiger partial charge in [-0.15, -0.1) is 0 Å². The summed E-state index contributed by atoms with van der Waals surface area (Å²) in [6.45, 7) is 1.20. The van der Waals surface area contributed by atoms with E-state index >= 15 is 0 Å². The maximum atomic E-state index is 13.0. The largest absolute Gasteiger partial charge is 0.493 e. The number of methoxy groups -OCH3 is 1. The molecule has 0 saturated carbocycles. The molecule has 0 spiro atoms. The molecule has 172 valence electrons. The highest BCUT2D eigenvalue weighted by Gasteiger charge is 2.32. The molecular weight excluding hydrogens is 430 g/mol. The van der Waals surface area contributed by atoms with Crippen LogP contribution in [0.2, 0.25) is 0 Å². The number of benzene rings is 3. The van der Waals surface area contributed by atoms with E-state index in [9.17, 15) is 13.6 Å². The maximum Gasteiger partial charge on any atom is 0.394 e. The molecule has 0 bridgehead atoms. The van der Waals surface area contributed by atoms with Crippen molar-refractivity contribution < 1.29 is 27.8 Å². The van der Waals surface area contributed by atoms with Gasteiger partial charge in [-0.2, -0.15) is 8.78 Å². The van der Waals surface area contributed by atoms with Gasteiger partial charge in [0.25, 0.3) is 0 Å². The van der Waals surface area contributed by atoms with E-state index in [1.807, 2.05) is 24.3 Å². The number of alkyl halides is 2. The number of nitrogens with two attached hydrogens (primary N) is 1. The van der Waals surface area contributed by atoms with Crippen molar-refractivity contribution in [3.05, 3.63) is 72.3 Å². The fourth-order valence-electron chi connectivity index (χ4n) is 3.81. The Morgan fingerprint density at radius 3 is 2.39 bits per heavy atom. The normalized spacial score (nSPS) is 16.1. The summed E-state index contributed by atoms with van der Waals surface area (Å²) in [5, 5.41) is 0. The summed E-state index contributed by atoms with van der Waals surface area (Å²) >= 11 is 0. The highest BCUT2D eigenvalue weighted by atomic mass is 19.3. The van der Waals surface area contributed by atoms with Crippen LogP contribution in [0.5, 0.6) is 23.0 Å². The minimum Gasteiger partial charge on any atom is -0.493 e. The van der Waals surface area contributed by atoms with E-state index in [-0.39, 0.29) is 17.6 Å². The Hall–Kier alpha value is -3.81. The lowest BCUT2D eigenvalue weighted by molar-refractivity contribution is -0.159. The summed E-state index contributed by atoms with van der Waals surface area (Å²) in [5.74, 6) is 1.42. The van der Waals surface area contributed by atoms with Crippen LogP contribution >= 0.6 is 0 Å². The van der Waals surface area contributed by atoms with Crippen molar-refractivity contribution in [1.82, 2.24) is 0 Å². The van der Waals surface area contributed by atoms with Gasteiger partial charge in [-0.1, -0.05) is 12.1 Å². The standard InChI is InChI=1S/C25H24F2N2O4/c1-25(26,27)33-21-9-7-20(8-10-21)32-23-12-16(6-11-22(23)31-2)17-13-24(30)29(15-17)19-5-3-4-18(28)14-19/h3-12,14,17H,13,15,28H2,1-2H3/t17-/m0/s1. The monoisotopic (exact) mass is 454 g/mol. The Balaban J connectivity index is 1.53. The predicted octanol–water partition coefficient (Wildman–Crippen LogP) is 5.58. The zero-order chi connectivity index (χ0) is 23.6. The van der Waals surface area contributed by atoms with Gasteiger partial charge in [0.05, 0.1) is 7.11 Å². The summed E-state index contributed by atoms with van der Waals surface area (Å²) in [5.41, 5.74) is 8.17. The fraction of sp³-hybridized carbons (Fsp3) is 0.240. The summed E-state index contributed by atoms with van der Waals surface area (Å²) < 4.78 is 42.0. The lowest BCUT2D eigenvalue weighted by atomic mass is 9.98. The van der Waals surface area contributed by atoms with Crippen LogP contribution in [0.25, 0.3) is 0 Å². The summed E-state index contributed by atoms with van der Waals surface area (Å²) in [6.07, 6.45) is -2.91. The molecule has 1 aliphatic heterocycles. The maximum absolute atomic E-state index is 13.0. The summed E-state index contributed by atoms with van der Waals surface area (Å²) in [6, 6.07) is 18.7. The van der Waals surface area contributed by atoms with Crippen molar-refractivity contribution in [2.24, 2.45) is 0 Å². The molecule has 0 radical (unpaired) electrons. The smallest absolute Gasteiger partial charge is 0.394 e. The topological polar surface area (TPSA) is 74.0 Å². The van der Waals surface area contributed by atoms with E-state index in [1.165, 1.54) is 31.4 Å².